The summed E-state index contributed by atoms with van der Waals surface area (Å²) >= 11 is 6.00. The normalized spacial score (nSPS) is 10.8. The first-order chi connectivity index (χ1) is 15.8. The highest BCUT2D eigenvalue weighted by Crippen LogP contribution is 2.22. The zero-order valence-corrected chi connectivity index (χ0v) is 18.9. The molecule has 1 aromatic heterocycles. The Morgan fingerprint density at radius 1 is 1.09 bits per heavy atom. The Kier molecular flexibility index (Phi) is 7.92. The van der Waals surface area contributed by atoms with Gasteiger partial charge in [-0.1, -0.05) is 23.7 Å². The molecule has 10 heteroatoms. The maximum atomic E-state index is 14.6. The minimum absolute atomic E-state index is 0.00126. The van der Waals surface area contributed by atoms with E-state index < -0.39 is 17.6 Å². The number of hydrogen-bond donors (Lipinski definition) is 3. The number of imidazole rings is 1. The molecule has 8 nitrogen and oxygen atoms in total. The summed E-state index contributed by atoms with van der Waals surface area (Å²) in [7, 11) is 3.81. The van der Waals surface area contributed by atoms with Crippen molar-refractivity contribution >= 4 is 40.6 Å². The minimum Gasteiger partial charge on any atom is -0.340 e. The molecule has 0 saturated heterocycles. The lowest BCUT2D eigenvalue weighted by Crippen LogP contribution is -2.18. The van der Waals surface area contributed by atoms with Crippen molar-refractivity contribution in [3.05, 3.63) is 76.6 Å². The molecule has 3 rings (SSSR count). The van der Waals surface area contributed by atoms with Crippen LogP contribution in [0, 0.1) is 5.82 Å². The van der Waals surface area contributed by atoms with E-state index in [-0.39, 0.29) is 45.6 Å². The number of benzene rings is 2. The predicted octanol–water partition coefficient (Wildman–Crippen LogP) is 4.23. The molecule has 0 unspecified atom stereocenters. The molecule has 33 heavy (non-hydrogen) atoms. The number of carbonyl (C=O) groups excluding carboxylic acids is 3. The Balaban J connectivity index is 1.66. The molecule has 0 atom stereocenters. The number of carbonyl (C=O) groups is 3. The zero-order chi connectivity index (χ0) is 24.0. The van der Waals surface area contributed by atoms with Crippen molar-refractivity contribution < 1.29 is 18.8 Å². The smallest absolute Gasteiger partial charge is 0.274 e. The maximum absolute atomic E-state index is 14.6. The second-order valence-electron chi connectivity index (χ2n) is 7.54. The molecule has 2 amide bonds. The van der Waals surface area contributed by atoms with E-state index >= 15 is 0 Å². The van der Waals surface area contributed by atoms with E-state index in [1.807, 2.05) is 19.0 Å². The van der Waals surface area contributed by atoms with Crippen LogP contribution in [0.2, 0.25) is 5.02 Å². The summed E-state index contributed by atoms with van der Waals surface area (Å²) in [5, 5.41) is 5.22. The summed E-state index contributed by atoms with van der Waals surface area (Å²) < 4.78 is 14.6. The van der Waals surface area contributed by atoms with E-state index in [2.05, 4.69) is 20.6 Å². The molecule has 0 aliphatic rings. The Bertz CT molecular complexity index is 1180. The third kappa shape index (κ3) is 6.24. The van der Waals surface area contributed by atoms with Gasteiger partial charge in [-0.3, -0.25) is 14.4 Å². The quantitative estimate of drug-likeness (QED) is 0.405. The maximum Gasteiger partial charge on any atom is 0.274 e. The fourth-order valence-electron chi connectivity index (χ4n) is 3.08. The van der Waals surface area contributed by atoms with Crippen molar-refractivity contribution in [3.8, 4) is 0 Å². The first kappa shape index (κ1) is 24.1. The average molecular weight is 472 g/mol. The fourth-order valence-corrected chi connectivity index (χ4v) is 3.30. The SMILES string of the molecule is CN(C)CCCC(=O)c1nc[nH]c1C(=O)Nc1ccc(NC(=O)c2ccccc2Cl)c(F)c1. The van der Waals surface area contributed by atoms with Gasteiger partial charge in [-0.25, -0.2) is 9.37 Å². The van der Waals surface area contributed by atoms with Gasteiger partial charge in [0.1, 0.15) is 17.2 Å². The van der Waals surface area contributed by atoms with Gasteiger partial charge in [0.25, 0.3) is 11.8 Å². The largest absolute Gasteiger partial charge is 0.340 e. The van der Waals surface area contributed by atoms with Gasteiger partial charge in [0, 0.05) is 12.1 Å². The van der Waals surface area contributed by atoms with Crippen LogP contribution in [0.15, 0.2) is 48.8 Å². The van der Waals surface area contributed by atoms with Crippen LogP contribution in [0.25, 0.3) is 0 Å². The number of nitrogens with one attached hydrogen (secondary N) is 3. The zero-order valence-electron chi connectivity index (χ0n) is 18.1. The highest BCUT2D eigenvalue weighted by atomic mass is 35.5. The number of aromatic amines is 1. The third-order valence-electron chi connectivity index (χ3n) is 4.73. The Morgan fingerprint density at radius 3 is 2.55 bits per heavy atom. The third-order valence-corrected chi connectivity index (χ3v) is 5.06. The molecular formula is C23H23ClFN5O3. The van der Waals surface area contributed by atoms with Gasteiger partial charge in [-0.05, 0) is 57.4 Å². The summed E-state index contributed by atoms with van der Waals surface area (Å²) in [5.74, 6) is -2.20. The van der Waals surface area contributed by atoms with E-state index in [9.17, 15) is 18.8 Å². The molecular weight excluding hydrogens is 449 g/mol. The van der Waals surface area contributed by atoms with E-state index in [0.29, 0.717) is 6.42 Å². The molecule has 0 radical (unpaired) electrons. The van der Waals surface area contributed by atoms with Crippen LogP contribution < -0.4 is 10.6 Å². The number of Topliss-reactive ketones (excluding diaryl/α,β-unsaturated/α-hetero) is 1. The lowest BCUT2D eigenvalue weighted by atomic mass is 10.1. The first-order valence-corrected chi connectivity index (χ1v) is 10.5. The predicted molar refractivity (Wildman–Crippen MR) is 124 cm³/mol. The molecule has 3 aromatic rings. The number of amides is 2. The summed E-state index contributed by atoms with van der Waals surface area (Å²) in [4.78, 5) is 46.0. The standard InChI is InChI=1S/C23H23ClFN5O3/c1-30(2)11-5-8-19(31)20-21(27-13-26-20)23(33)28-14-9-10-18(17(25)12-14)29-22(32)15-6-3-4-7-16(15)24/h3-4,6-7,9-10,12-13H,5,8,11H2,1-2H3,(H,26,27)(H,28,33)(H,29,32). The molecule has 0 fully saturated rings. The van der Waals surface area contributed by atoms with Crippen LogP contribution >= 0.6 is 11.6 Å². The number of H-pyrrole nitrogens is 1. The van der Waals surface area contributed by atoms with Gasteiger partial charge in [0.15, 0.2) is 5.78 Å². The van der Waals surface area contributed by atoms with E-state index in [4.69, 9.17) is 11.6 Å². The van der Waals surface area contributed by atoms with Crippen molar-refractivity contribution in [2.24, 2.45) is 0 Å². The first-order valence-electron chi connectivity index (χ1n) is 10.1. The molecule has 2 aromatic carbocycles. The van der Waals surface area contributed by atoms with E-state index in [1.165, 1.54) is 24.5 Å². The van der Waals surface area contributed by atoms with Gasteiger partial charge in [-0.2, -0.15) is 0 Å². The summed E-state index contributed by atoms with van der Waals surface area (Å²) in [6, 6.07) is 10.2. The number of rotatable bonds is 9. The van der Waals surface area contributed by atoms with Gasteiger partial charge < -0.3 is 20.5 Å². The van der Waals surface area contributed by atoms with Crippen LogP contribution in [-0.4, -0.2) is 53.1 Å². The average Bonchev–Trinajstić information content (AvgIpc) is 3.26. The van der Waals surface area contributed by atoms with Crippen LogP contribution in [0.3, 0.4) is 0 Å². The van der Waals surface area contributed by atoms with Crippen molar-refractivity contribution in [1.29, 1.82) is 0 Å². The van der Waals surface area contributed by atoms with Gasteiger partial charge in [0.2, 0.25) is 0 Å². The van der Waals surface area contributed by atoms with E-state index in [0.717, 1.165) is 12.6 Å². The van der Waals surface area contributed by atoms with Crippen molar-refractivity contribution in [3.63, 3.8) is 0 Å². The summed E-state index contributed by atoms with van der Waals surface area (Å²) in [6.45, 7) is 0.732. The summed E-state index contributed by atoms with van der Waals surface area (Å²) in [5.41, 5.74) is 0.319. The number of nitrogens with zero attached hydrogens (tertiary/aromatic N) is 2. The van der Waals surface area contributed by atoms with Crippen LogP contribution in [-0.2, 0) is 0 Å². The highest BCUT2D eigenvalue weighted by Gasteiger charge is 2.21. The molecule has 1 heterocycles. The van der Waals surface area contributed by atoms with Crippen LogP contribution in [0.4, 0.5) is 15.8 Å². The van der Waals surface area contributed by atoms with Crippen LogP contribution in [0.1, 0.15) is 44.2 Å². The highest BCUT2D eigenvalue weighted by molar-refractivity contribution is 6.34. The molecule has 0 spiro atoms. The van der Waals surface area contributed by atoms with Gasteiger partial charge >= 0.3 is 0 Å². The lowest BCUT2D eigenvalue weighted by Gasteiger charge is -2.10. The Morgan fingerprint density at radius 2 is 1.85 bits per heavy atom. The Labute approximate surface area is 195 Å². The molecule has 0 bridgehead atoms. The number of aromatic nitrogens is 2. The second-order valence-corrected chi connectivity index (χ2v) is 7.95. The topological polar surface area (TPSA) is 107 Å². The summed E-state index contributed by atoms with van der Waals surface area (Å²) in [6.07, 6.45) is 2.14. The van der Waals surface area contributed by atoms with Crippen molar-refractivity contribution in [1.82, 2.24) is 14.9 Å². The monoisotopic (exact) mass is 471 g/mol. The molecule has 0 saturated carbocycles. The fraction of sp³-hybridized carbons (Fsp3) is 0.217. The van der Waals surface area contributed by atoms with Crippen molar-refractivity contribution in [2.75, 3.05) is 31.3 Å². The minimum atomic E-state index is -0.752. The van der Waals surface area contributed by atoms with E-state index in [1.54, 1.807) is 18.2 Å². The second kappa shape index (κ2) is 10.8. The molecule has 0 aliphatic carbocycles. The number of hydrogen-bond acceptors (Lipinski definition) is 5. The van der Waals surface area contributed by atoms with Crippen LogP contribution in [0.5, 0.6) is 0 Å². The molecule has 172 valence electrons. The number of anilines is 2. The van der Waals surface area contributed by atoms with Gasteiger partial charge in [0.05, 0.1) is 22.6 Å². The molecule has 0 aliphatic heterocycles. The Hall–Kier alpha value is -3.56. The van der Waals surface area contributed by atoms with Gasteiger partial charge in [-0.15, -0.1) is 0 Å². The number of halogens is 2. The van der Waals surface area contributed by atoms with Crippen molar-refractivity contribution in [2.45, 2.75) is 12.8 Å². The molecule has 3 N–H and O–H groups in total. The lowest BCUT2D eigenvalue weighted by molar-refractivity contribution is 0.0955. The number of ketones is 1.